The molecule has 1 aromatic heterocycles. The third kappa shape index (κ3) is 4.56. The first-order valence-corrected chi connectivity index (χ1v) is 11.2. The van der Waals surface area contributed by atoms with Crippen molar-refractivity contribution in [2.24, 2.45) is 0 Å². The molecular weight excluding hydrogens is 376 g/mol. The summed E-state index contributed by atoms with van der Waals surface area (Å²) < 4.78 is 0. The van der Waals surface area contributed by atoms with Gasteiger partial charge in [-0.1, -0.05) is 43.7 Å². The van der Waals surface area contributed by atoms with Crippen molar-refractivity contribution in [2.45, 2.75) is 32.7 Å². The van der Waals surface area contributed by atoms with Gasteiger partial charge in [-0.3, -0.25) is 0 Å². The van der Waals surface area contributed by atoms with E-state index in [1.165, 1.54) is 0 Å². The molecule has 0 unspecified atom stereocenters. The molecule has 0 spiro atoms. The molecule has 2 aliphatic heterocycles. The Hall–Kier alpha value is -2.67. The summed E-state index contributed by atoms with van der Waals surface area (Å²) in [5.41, 5.74) is 3.25. The van der Waals surface area contributed by atoms with Crippen LogP contribution in [0.3, 0.4) is 0 Å². The predicted molar refractivity (Wildman–Crippen MR) is 119 cm³/mol. The first kappa shape index (κ1) is 20.6. The van der Waals surface area contributed by atoms with E-state index in [9.17, 15) is 4.79 Å². The number of carbonyl (C=O) groups is 1. The van der Waals surface area contributed by atoms with E-state index >= 15 is 0 Å². The fourth-order valence-corrected chi connectivity index (χ4v) is 4.13. The summed E-state index contributed by atoms with van der Waals surface area (Å²) in [6.07, 6.45) is 2.86. The van der Waals surface area contributed by atoms with Gasteiger partial charge in [0.15, 0.2) is 5.82 Å². The Morgan fingerprint density at radius 3 is 2.63 bits per heavy atom. The van der Waals surface area contributed by atoms with E-state index in [0.29, 0.717) is 13.1 Å². The number of fused-ring (bicyclic) bond motifs is 1. The number of piperazine rings is 1. The van der Waals surface area contributed by atoms with Crippen molar-refractivity contribution in [3.8, 4) is 11.4 Å². The summed E-state index contributed by atoms with van der Waals surface area (Å²) in [6.45, 7) is 8.30. The van der Waals surface area contributed by atoms with Crippen LogP contribution in [0.15, 0.2) is 30.3 Å². The first-order chi connectivity index (χ1) is 14.7. The molecule has 0 atom stereocenters. The van der Waals surface area contributed by atoms with Crippen LogP contribution in [0.5, 0.6) is 0 Å². The molecule has 7 nitrogen and oxygen atoms in total. The molecule has 160 valence electrons. The smallest absolute Gasteiger partial charge is 0.317 e. The minimum absolute atomic E-state index is 0.0232. The summed E-state index contributed by atoms with van der Waals surface area (Å²) in [4.78, 5) is 28.5. The van der Waals surface area contributed by atoms with Crippen LogP contribution in [-0.4, -0.2) is 67.2 Å². The number of quaternary nitrogens is 1. The number of hydrogen-bond acceptors (Lipinski definition) is 4. The van der Waals surface area contributed by atoms with E-state index in [2.05, 4.69) is 36.3 Å². The van der Waals surface area contributed by atoms with Crippen molar-refractivity contribution in [2.75, 3.05) is 51.2 Å². The van der Waals surface area contributed by atoms with Gasteiger partial charge in [0.05, 0.1) is 45.5 Å². The Labute approximate surface area is 179 Å². The molecule has 7 heteroatoms. The van der Waals surface area contributed by atoms with Crippen LogP contribution in [0, 0.1) is 0 Å². The predicted octanol–water partition coefficient (Wildman–Crippen LogP) is 1.35. The highest BCUT2D eigenvalue weighted by Crippen LogP contribution is 2.29. The topological polar surface area (TPSA) is 65.8 Å². The molecule has 1 saturated heterocycles. The second-order valence-corrected chi connectivity index (χ2v) is 8.36. The number of amides is 2. The van der Waals surface area contributed by atoms with Crippen molar-refractivity contribution >= 4 is 11.8 Å². The zero-order chi connectivity index (χ0) is 20.9. The first-order valence-electron chi connectivity index (χ1n) is 11.2. The summed E-state index contributed by atoms with van der Waals surface area (Å²) in [5, 5.41) is 3.06. The van der Waals surface area contributed by atoms with Gasteiger partial charge in [0.25, 0.3) is 0 Å². The van der Waals surface area contributed by atoms with Crippen LogP contribution in [-0.2, 0) is 13.0 Å². The van der Waals surface area contributed by atoms with E-state index < -0.39 is 0 Å². The standard InChI is InChI=1S/C23H32N6O/c1-3-4-11-24-23(30)29-12-10-20-19(17-29)22(28-15-13-27(2)14-16-28)26-21(25-20)18-8-6-5-7-9-18/h5-9H,3-4,10-17H2,1-2H3,(H,24,30)/p+1. The summed E-state index contributed by atoms with van der Waals surface area (Å²) in [7, 11) is 2.24. The highest BCUT2D eigenvalue weighted by Gasteiger charge is 2.29. The molecule has 0 aliphatic carbocycles. The number of hydrogen-bond donors (Lipinski definition) is 2. The van der Waals surface area contributed by atoms with Gasteiger partial charge in [-0.05, 0) is 6.42 Å². The van der Waals surface area contributed by atoms with Gasteiger partial charge in [-0.25, -0.2) is 14.8 Å². The van der Waals surface area contributed by atoms with Gasteiger partial charge in [0, 0.05) is 30.6 Å². The lowest BCUT2D eigenvalue weighted by molar-refractivity contribution is -0.880. The van der Waals surface area contributed by atoms with Crippen LogP contribution in [0.25, 0.3) is 11.4 Å². The van der Waals surface area contributed by atoms with E-state index in [4.69, 9.17) is 9.97 Å². The molecule has 30 heavy (non-hydrogen) atoms. The molecule has 0 saturated carbocycles. The lowest BCUT2D eigenvalue weighted by atomic mass is 10.0. The lowest BCUT2D eigenvalue weighted by Gasteiger charge is -2.35. The van der Waals surface area contributed by atoms with Gasteiger partial charge in [0.1, 0.15) is 5.82 Å². The highest BCUT2D eigenvalue weighted by molar-refractivity contribution is 5.75. The van der Waals surface area contributed by atoms with E-state index in [-0.39, 0.29) is 6.03 Å². The number of anilines is 1. The molecule has 4 rings (SSSR count). The molecule has 2 amide bonds. The number of nitrogens with one attached hydrogen (secondary N) is 2. The quantitative estimate of drug-likeness (QED) is 0.732. The molecule has 2 aliphatic rings. The number of unbranched alkanes of at least 4 members (excludes halogenated alkanes) is 1. The van der Waals surface area contributed by atoms with Gasteiger partial charge >= 0.3 is 6.03 Å². The summed E-state index contributed by atoms with van der Waals surface area (Å²) >= 11 is 0. The van der Waals surface area contributed by atoms with Crippen LogP contribution < -0.4 is 15.1 Å². The van der Waals surface area contributed by atoms with Crippen molar-refractivity contribution in [1.82, 2.24) is 20.2 Å². The van der Waals surface area contributed by atoms with Crippen LogP contribution in [0.4, 0.5) is 10.6 Å². The molecule has 0 bridgehead atoms. The second-order valence-electron chi connectivity index (χ2n) is 8.36. The maximum absolute atomic E-state index is 12.7. The Morgan fingerprint density at radius 2 is 1.90 bits per heavy atom. The van der Waals surface area contributed by atoms with Crippen LogP contribution in [0.1, 0.15) is 31.0 Å². The average molecular weight is 410 g/mol. The van der Waals surface area contributed by atoms with Gasteiger partial charge in [-0.15, -0.1) is 0 Å². The third-order valence-corrected chi connectivity index (χ3v) is 6.08. The van der Waals surface area contributed by atoms with Gasteiger partial charge in [-0.2, -0.15) is 0 Å². The molecule has 2 aromatic rings. The van der Waals surface area contributed by atoms with E-state index in [1.54, 1.807) is 4.90 Å². The monoisotopic (exact) mass is 409 g/mol. The number of carbonyl (C=O) groups excluding carboxylic acids is 1. The Balaban J connectivity index is 1.64. The van der Waals surface area contributed by atoms with Crippen molar-refractivity contribution in [1.29, 1.82) is 0 Å². The van der Waals surface area contributed by atoms with E-state index in [0.717, 1.165) is 80.4 Å². The third-order valence-electron chi connectivity index (χ3n) is 6.08. The Bertz CT molecular complexity index is 863. The largest absolute Gasteiger partial charge is 0.345 e. The number of aromatic nitrogens is 2. The molecule has 1 fully saturated rings. The summed E-state index contributed by atoms with van der Waals surface area (Å²) in [6, 6.07) is 10.2. The van der Waals surface area contributed by atoms with Crippen molar-refractivity contribution in [3.63, 3.8) is 0 Å². The SMILES string of the molecule is CCCCNC(=O)N1CCc2nc(-c3ccccc3)nc(N3CC[NH+](C)CC3)c2C1. The zero-order valence-corrected chi connectivity index (χ0v) is 18.2. The Morgan fingerprint density at radius 1 is 1.13 bits per heavy atom. The van der Waals surface area contributed by atoms with Crippen LogP contribution >= 0.6 is 0 Å². The fraction of sp³-hybridized carbons (Fsp3) is 0.522. The van der Waals surface area contributed by atoms with Gasteiger partial charge < -0.3 is 20.0 Å². The van der Waals surface area contributed by atoms with Crippen LogP contribution in [0.2, 0.25) is 0 Å². The van der Waals surface area contributed by atoms with E-state index in [1.807, 2.05) is 23.1 Å². The molecule has 0 radical (unpaired) electrons. The molecular formula is C23H33N6O+. The summed E-state index contributed by atoms with van der Waals surface area (Å²) in [5.74, 6) is 1.80. The maximum Gasteiger partial charge on any atom is 0.317 e. The number of rotatable bonds is 5. The second kappa shape index (κ2) is 9.43. The number of nitrogens with zero attached hydrogens (tertiary/aromatic N) is 4. The normalized spacial score (nSPS) is 17.0. The number of urea groups is 1. The molecule has 2 N–H and O–H groups in total. The highest BCUT2D eigenvalue weighted by atomic mass is 16.2. The Kier molecular flexibility index (Phi) is 6.47. The minimum atomic E-state index is 0.0232. The zero-order valence-electron chi connectivity index (χ0n) is 18.2. The van der Waals surface area contributed by atoms with Gasteiger partial charge in [0.2, 0.25) is 0 Å². The average Bonchev–Trinajstić information content (AvgIpc) is 2.79. The number of benzene rings is 1. The number of likely N-dealkylation sites (N-methyl/N-ethyl adjacent to an activating group) is 1. The maximum atomic E-state index is 12.7. The van der Waals surface area contributed by atoms with Crippen molar-refractivity contribution in [3.05, 3.63) is 41.6 Å². The molecule has 3 heterocycles. The fourth-order valence-electron chi connectivity index (χ4n) is 4.13. The molecule has 1 aromatic carbocycles. The lowest BCUT2D eigenvalue weighted by Crippen LogP contribution is -3.12. The minimum Gasteiger partial charge on any atom is -0.345 e. The van der Waals surface area contributed by atoms with Crippen molar-refractivity contribution < 1.29 is 9.69 Å².